The van der Waals surface area contributed by atoms with Crippen molar-refractivity contribution < 1.29 is 38.1 Å². The van der Waals surface area contributed by atoms with E-state index < -0.39 is 35.1 Å². The molecule has 0 aromatic rings. The van der Waals surface area contributed by atoms with Gasteiger partial charge in [-0.2, -0.15) is 0 Å². The summed E-state index contributed by atoms with van der Waals surface area (Å²) < 4.78 is 23.3. The molecule has 1 heterocycles. The highest BCUT2D eigenvalue weighted by molar-refractivity contribution is 5.93. The van der Waals surface area contributed by atoms with Crippen molar-refractivity contribution in [2.45, 2.75) is 92.3 Å². The number of amides is 2. The van der Waals surface area contributed by atoms with E-state index in [1.165, 1.54) is 6.08 Å². The first kappa shape index (κ1) is 34.6. The zero-order valence-corrected chi connectivity index (χ0v) is 28.0. The maximum Gasteiger partial charge on any atom is 0.414 e. The second kappa shape index (κ2) is 13.6. The number of imide groups is 1. The lowest BCUT2D eigenvalue weighted by molar-refractivity contribution is -0.214. The minimum absolute atomic E-state index is 0.0364. The van der Waals surface area contributed by atoms with Gasteiger partial charge in [0.2, 0.25) is 5.91 Å². The molecule has 4 aliphatic rings. The summed E-state index contributed by atoms with van der Waals surface area (Å²) in [6.45, 7) is 14.0. The van der Waals surface area contributed by atoms with Gasteiger partial charge in [0.1, 0.15) is 18.7 Å². The van der Waals surface area contributed by atoms with Crippen LogP contribution in [0.3, 0.4) is 0 Å². The van der Waals surface area contributed by atoms with Crippen LogP contribution in [0.2, 0.25) is 0 Å². The molecule has 4 fully saturated rings. The molecule has 10 nitrogen and oxygen atoms in total. The molecule has 10 atom stereocenters. The number of ketones is 1. The first-order valence-corrected chi connectivity index (χ1v) is 16.4. The molecule has 0 radical (unpaired) electrons. The van der Waals surface area contributed by atoms with Crippen LogP contribution >= 0.6 is 0 Å². The van der Waals surface area contributed by atoms with Gasteiger partial charge in [0, 0.05) is 42.9 Å². The number of alkyl carbamates (subject to hydrolysis) is 1. The Morgan fingerprint density at radius 3 is 2.52 bits per heavy atom. The number of piperidine rings is 1. The Bertz CT molecular complexity index is 1130. The average molecular weight is 619 g/mol. The van der Waals surface area contributed by atoms with Crippen LogP contribution in [0.4, 0.5) is 4.79 Å². The van der Waals surface area contributed by atoms with Gasteiger partial charge < -0.3 is 23.8 Å². The van der Waals surface area contributed by atoms with Crippen molar-refractivity contribution in [2.75, 3.05) is 40.6 Å². The normalized spacial score (nSPS) is 41.0. The monoisotopic (exact) mass is 618 g/mol. The van der Waals surface area contributed by atoms with E-state index in [4.69, 9.17) is 18.9 Å². The molecule has 248 valence electrons. The number of hydrogen-bond acceptors (Lipinski definition) is 9. The van der Waals surface area contributed by atoms with Crippen LogP contribution in [-0.2, 0) is 33.3 Å². The van der Waals surface area contributed by atoms with Crippen LogP contribution in [0.15, 0.2) is 12.2 Å². The molecule has 3 saturated carbocycles. The highest BCUT2D eigenvalue weighted by Crippen LogP contribution is 2.68. The standard InChI is InChI=1S/C34H54N2O8/c1-9-42-27(38)12-14-32(5)18-26(44-31(40)35-30(39)24-19-36(7)17-13-21(24)2)33(6)22(3)10-15-34(16-11-25(37)28(33)34)23(4)29(32)43-20-41-8/h12,14,21-24,26,28-29H,9-11,13,15-20H2,1-8H3,(H,35,39,40)/t21-,22+,23-,24-,26+,28?,29-,32+,33-,34?/m0/s1. The lowest BCUT2D eigenvalue weighted by Crippen LogP contribution is -2.63. The van der Waals surface area contributed by atoms with Crippen LogP contribution in [0.25, 0.3) is 0 Å². The summed E-state index contributed by atoms with van der Waals surface area (Å²) in [5, 5.41) is 2.55. The van der Waals surface area contributed by atoms with Crippen LogP contribution in [-0.4, -0.2) is 81.5 Å². The molecule has 4 rings (SSSR count). The Morgan fingerprint density at radius 1 is 1.11 bits per heavy atom. The van der Waals surface area contributed by atoms with Crippen molar-refractivity contribution in [1.82, 2.24) is 10.2 Å². The van der Waals surface area contributed by atoms with Gasteiger partial charge in [0.05, 0.1) is 18.6 Å². The summed E-state index contributed by atoms with van der Waals surface area (Å²) >= 11 is 0. The first-order valence-electron chi connectivity index (χ1n) is 16.4. The third-order valence-corrected chi connectivity index (χ3v) is 12.0. The van der Waals surface area contributed by atoms with Gasteiger partial charge in [-0.15, -0.1) is 0 Å². The van der Waals surface area contributed by atoms with Crippen LogP contribution in [0.1, 0.15) is 80.1 Å². The van der Waals surface area contributed by atoms with E-state index in [9.17, 15) is 19.2 Å². The Labute approximate surface area is 262 Å². The van der Waals surface area contributed by atoms with Crippen molar-refractivity contribution in [3.63, 3.8) is 0 Å². The molecule has 1 aliphatic heterocycles. The molecule has 0 aromatic carbocycles. The number of esters is 1. The smallest absolute Gasteiger partial charge is 0.414 e. The maximum absolute atomic E-state index is 13.9. The number of ether oxygens (including phenoxy) is 4. The summed E-state index contributed by atoms with van der Waals surface area (Å²) in [6, 6.07) is 0. The van der Waals surface area contributed by atoms with Gasteiger partial charge in [-0.3, -0.25) is 14.9 Å². The lowest BCUT2D eigenvalue weighted by atomic mass is 9.44. The SMILES string of the molecule is CCOC(=O)C=C[C@]1(C)C[C@@H](OC(=O)NC(=O)[C@H]2CN(C)CC[C@@H]2C)[C@@]2(C)C3C(=O)CCC3(CC[C@H]2C)[C@@H](C)[C@@H]1OCOC. The molecular weight excluding hydrogens is 564 g/mol. The van der Waals surface area contributed by atoms with E-state index in [2.05, 4.69) is 31.0 Å². The summed E-state index contributed by atoms with van der Waals surface area (Å²) in [4.78, 5) is 55.4. The second-order valence-electron chi connectivity index (χ2n) is 14.5. The lowest BCUT2D eigenvalue weighted by Gasteiger charge is -2.62. The third kappa shape index (κ3) is 6.36. The Hall–Kier alpha value is -2.30. The van der Waals surface area contributed by atoms with E-state index >= 15 is 0 Å². The van der Waals surface area contributed by atoms with E-state index in [-0.39, 0.29) is 66.5 Å². The molecule has 2 unspecified atom stereocenters. The number of nitrogens with zero attached hydrogens (tertiary/aromatic N) is 1. The topological polar surface area (TPSA) is 120 Å². The molecule has 10 heteroatoms. The largest absolute Gasteiger partial charge is 0.463 e. The highest BCUT2D eigenvalue weighted by Gasteiger charge is 2.68. The number of carbonyl (C=O) groups is 4. The van der Waals surface area contributed by atoms with Crippen LogP contribution in [0, 0.1) is 45.8 Å². The van der Waals surface area contributed by atoms with Crippen LogP contribution in [0.5, 0.6) is 0 Å². The van der Waals surface area contributed by atoms with E-state index in [1.54, 1.807) is 14.0 Å². The van der Waals surface area contributed by atoms with Gasteiger partial charge in [0.15, 0.2) is 0 Å². The first-order chi connectivity index (χ1) is 20.7. The quantitative estimate of drug-likeness (QED) is 0.233. The molecule has 2 bridgehead atoms. The highest BCUT2D eigenvalue weighted by atomic mass is 16.7. The molecule has 1 saturated heterocycles. The van der Waals surface area contributed by atoms with Crippen molar-refractivity contribution in [1.29, 1.82) is 0 Å². The second-order valence-corrected chi connectivity index (χ2v) is 14.5. The summed E-state index contributed by atoms with van der Waals surface area (Å²) in [6.07, 6.45) is 5.36. The number of rotatable bonds is 8. The minimum Gasteiger partial charge on any atom is -0.463 e. The molecule has 0 aromatic heterocycles. The van der Waals surface area contributed by atoms with Crippen molar-refractivity contribution in [2.24, 2.45) is 45.8 Å². The zero-order chi connectivity index (χ0) is 32.4. The predicted molar refractivity (Wildman–Crippen MR) is 164 cm³/mol. The maximum atomic E-state index is 13.9. The Morgan fingerprint density at radius 2 is 1.84 bits per heavy atom. The van der Waals surface area contributed by atoms with Gasteiger partial charge in [-0.1, -0.05) is 40.7 Å². The molecular formula is C34H54N2O8. The molecule has 1 N–H and O–H groups in total. The predicted octanol–water partition coefficient (Wildman–Crippen LogP) is 4.75. The molecule has 44 heavy (non-hydrogen) atoms. The molecule has 2 amide bonds. The number of carbonyl (C=O) groups excluding carboxylic acids is 4. The van der Waals surface area contributed by atoms with E-state index in [0.717, 1.165) is 32.2 Å². The van der Waals surface area contributed by atoms with E-state index in [1.807, 2.05) is 27.0 Å². The van der Waals surface area contributed by atoms with Gasteiger partial charge in [0.25, 0.3) is 0 Å². The fraction of sp³-hybridized carbons (Fsp3) is 0.824. The van der Waals surface area contributed by atoms with Crippen molar-refractivity contribution in [3.8, 4) is 0 Å². The van der Waals surface area contributed by atoms with Crippen molar-refractivity contribution >= 4 is 23.8 Å². The van der Waals surface area contributed by atoms with E-state index in [0.29, 0.717) is 13.0 Å². The fourth-order valence-electron chi connectivity index (χ4n) is 9.29. The van der Waals surface area contributed by atoms with Gasteiger partial charge in [-0.05, 0) is 75.8 Å². The molecule has 3 aliphatic carbocycles. The average Bonchev–Trinajstić information content (AvgIpc) is 3.32. The fourth-order valence-corrected chi connectivity index (χ4v) is 9.29. The number of Topliss-reactive ketones (excluding diaryl/α,β-unsaturated/α-hetero) is 1. The number of hydrogen-bond donors (Lipinski definition) is 1. The summed E-state index contributed by atoms with van der Waals surface area (Å²) in [5.41, 5.74) is -1.86. The minimum atomic E-state index is -0.803. The summed E-state index contributed by atoms with van der Waals surface area (Å²) in [5.74, 6) is -1.10. The number of likely N-dealkylation sites (tertiary alicyclic amines) is 1. The Kier molecular flexibility index (Phi) is 10.7. The zero-order valence-electron chi connectivity index (χ0n) is 28.0. The number of methoxy groups -OCH3 is 1. The Balaban J connectivity index is 1.76. The van der Waals surface area contributed by atoms with Crippen molar-refractivity contribution in [3.05, 3.63) is 12.2 Å². The van der Waals surface area contributed by atoms with Crippen LogP contribution < -0.4 is 5.32 Å². The number of nitrogens with one attached hydrogen (secondary N) is 1. The summed E-state index contributed by atoms with van der Waals surface area (Å²) in [7, 11) is 3.54. The van der Waals surface area contributed by atoms with Gasteiger partial charge in [-0.25, -0.2) is 9.59 Å². The third-order valence-electron chi connectivity index (χ3n) is 12.0. The van der Waals surface area contributed by atoms with Gasteiger partial charge >= 0.3 is 12.1 Å². The molecule has 0 spiro atoms.